The molecule has 0 radical (unpaired) electrons. The number of anilines is 1. The summed E-state index contributed by atoms with van der Waals surface area (Å²) < 4.78 is 22.3. The van der Waals surface area contributed by atoms with Crippen molar-refractivity contribution in [3.05, 3.63) is 35.2 Å². The molecule has 14 nitrogen and oxygen atoms in total. The lowest BCUT2D eigenvalue weighted by Gasteiger charge is -2.26. The largest absolute Gasteiger partial charge is 0.493 e. The van der Waals surface area contributed by atoms with Gasteiger partial charge in [-0.05, 0) is 41.0 Å². The number of nitrogens with zero attached hydrogens (tertiary/aromatic N) is 7. The zero-order valence-corrected chi connectivity index (χ0v) is 18.8. The number of hydrogen-bond donors (Lipinski definition) is 2. The number of amides is 1. The molecule has 3 heterocycles. The molecule has 2 aromatic heterocycles. The first kappa shape index (κ1) is 23.1. The maximum Gasteiger partial charge on any atom is 0.293 e. The van der Waals surface area contributed by atoms with Gasteiger partial charge in [-0.3, -0.25) is 9.69 Å². The second-order valence-electron chi connectivity index (χ2n) is 7.20. The molecule has 3 N–H and O–H groups in total. The fourth-order valence-electron chi connectivity index (χ4n) is 3.36. The van der Waals surface area contributed by atoms with E-state index in [4.69, 9.17) is 19.9 Å². The first-order chi connectivity index (χ1) is 16.6. The van der Waals surface area contributed by atoms with E-state index in [1.165, 1.54) is 10.9 Å². The number of morpholine rings is 1. The molecule has 1 saturated heterocycles. The van der Waals surface area contributed by atoms with Gasteiger partial charge in [0.1, 0.15) is 0 Å². The van der Waals surface area contributed by atoms with Crippen LogP contribution in [0.4, 0.5) is 5.82 Å². The van der Waals surface area contributed by atoms with Gasteiger partial charge < -0.3 is 19.9 Å². The van der Waals surface area contributed by atoms with Crippen molar-refractivity contribution in [1.82, 2.24) is 35.6 Å². The zero-order chi connectivity index (χ0) is 23.9. The zero-order valence-electron chi connectivity index (χ0n) is 18.8. The maximum absolute atomic E-state index is 12.9. The number of nitrogens with one attached hydrogen (secondary N) is 1. The van der Waals surface area contributed by atoms with Gasteiger partial charge >= 0.3 is 0 Å². The van der Waals surface area contributed by atoms with E-state index < -0.39 is 5.91 Å². The Kier molecular flexibility index (Phi) is 7.29. The van der Waals surface area contributed by atoms with Gasteiger partial charge in [0.25, 0.3) is 5.91 Å². The second-order valence-corrected chi connectivity index (χ2v) is 7.20. The normalized spacial score (nSPS) is 14.4. The Morgan fingerprint density at radius 1 is 1.29 bits per heavy atom. The predicted molar refractivity (Wildman–Crippen MR) is 119 cm³/mol. The van der Waals surface area contributed by atoms with E-state index >= 15 is 0 Å². The fourth-order valence-corrected chi connectivity index (χ4v) is 3.36. The molecule has 1 amide bonds. The summed E-state index contributed by atoms with van der Waals surface area (Å²) in [6, 6.07) is 5.31. The van der Waals surface area contributed by atoms with Crippen LogP contribution in [-0.2, 0) is 11.3 Å². The molecule has 1 aromatic carbocycles. The average molecular weight is 471 g/mol. The van der Waals surface area contributed by atoms with E-state index in [-0.39, 0.29) is 17.3 Å². The van der Waals surface area contributed by atoms with Gasteiger partial charge in [0.05, 0.1) is 38.8 Å². The van der Waals surface area contributed by atoms with Gasteiger partial charge in [-0.15, -0.1) is 5.10 Å². The third kappa shape index (κ3) is 5.13. The Bertz CT molecular complexity index is 1150. The molecule has 0 atom stereocenters. The number of methoxy groups -OCH3 is 1. The lowest BCUT2D eigenvalue weighted by molar-refractivity contribution is 0.0332. The van der Waals surface area contributed by atoms with Crippen LogP contribution in [0.5, 0.6) is 11.5 Å². The van der Waals surface area contributed by atoms with Gasteiger partial charge in [-0.2, -0.15) is 9.78 Å². The summed E-state index contributed by atoms with van der Waals surface area (Å²) in [6.07, 6.45) is 1.49. The number of hydrazone groups is 1. The Morgan fingerprint density at radius 3 is 2.82 bits per heavy atom. The van der Waals surface area contributed by atoms with Crippen LogP contribution in [0.1, 0.15) is 28.7 Å². The summed E-state index contributed by atoms with van der Waals surface area (Å²) in [5.41, 5.74) is 9.58. The standard InChI is InChI=1S/C20H25N9O5/c1-3-33-16-10-13(4-5-15(16)31-2)11-22-24-20(30)17-14(12-28-6-8-32-9-7-28)29(27-23-17)19-18(21)25-34-26-19/h4-5,10-11H,3,6-9,12H2,1-2H3,(H2,21,25)(H,24,30). The van der Waals surface area contributed by atoms with Gasteiger partial charge in [-0.25, -0.2) is 10.1 Å². The summed E-state index contributed by atoms with van der Waals surface area (Å²) in [4.78, 5) is 15.0. The van der Waals surface area contributed by atoms with E-state index in [2.05, 4.69) is 40.7 Å². The summed E-state index contributed by atoms with van der Waals surface area (Å²) in [5.74, 6) is 0.825. The highest BCUT2D eigenvalue weighted by Gasteiger charge is 2.26. The Morgan fingerprint density at radius 2 is 2.12 bits per heavy atom. The molecule has 0 aliphatic carbocycles. The Balaban J connectivity index is 1.54. The van der Waals surface area contributed by atoms with Crippen molar-refractivity contribution in [3.63, 3.8) is 0 Å². The van der Waals surface area contributed by atoms with E-state index in [1.54, 1.807) is 25.3 Å². The van der Waals surface area contributed by atoms with Crippen LogP contribution in [0, 0.1) is 0 Å². The van der Waals surface area contributed by atoms with Crippen molar-refractivity contribution >= 4 is 17.9 Å². The highest BCUT2D eigenvalue weighted by Crippen LogP contribution is 2.27. The number of carbonyl (C=O) groups is 1. The van der Waals surface area contributed by atoms with Crippen LogP contribution >= 0.6 is 0 Å². The van der Waals surface area contributed by atoms with E-state index in [0.717, 1.165) is 0 Å². The lowest BCUT2D eigenvalue weighted by atomic mass is 10.2. The van der Waals surface area contributed by atoms with Crippen molar-refractivity contribution in [2.24, 2.45) is 5.10 Å². The Labute approximate surface area is 194 Å². The van der Waals surface area contributed by atoms with E-state index in [1.807, 2.05) is 6.92 Å². The van der Waals surface area contributed by atoms with E-state index in [0.29, 0.717) is 62.2 Å². The molecule has 0 unspecified atom stereocenters. The minimum Gasteiger partial charge on any atom is -0.493 e. The SMILES string of the molecule is CCOc1cc(C=NNC(=O)c2nnn(-c3nonc3N)c2CN2CCOCC2)ccc1OC. The van der Waals surface area contributed by atoms with E-state index in [9.17, 15) is 4.79 Å². The molecule has 4 rings (SSSR count). The quantitative estimate of drug-likeness (QED) is 0.324. The summed E-state index contributed by atoms with van der Waals surface area (Å²) in [6.45, 7) is 5.30. The first-order valence-corrected chi connectivity index (χ1v) is 10.6. The molecule has 34 heavy (non-hydrogen) atoms. The molecule has 1 fully saturated rings. The average Bonchev–Trinajstić information content (AvgIpc) is 3.45. The number of benzene rings is 1. The number of carbonyl (C=O) groups excluding carboxylic acids is 1. The number of hydrogen-bond acceptors (Lipinski definition) is 12. The molecule has 0 bridgehead atoms. The van der Waals surface area contributed by atoms with Crippen LogP contribution in [0.3, 0.4) is 0 Å². The highest BCUT2D eigenvalue weighted by atomic mass is 16.6. The molecule has 14 heteroatoms. The third-order valence-electron chi connectivity index (χ3n) is 5.02. The monoisotopic (exact) mass is 471 g/mol. The second kappa shape index (κ2) is 10.7. The highest BCUT2D eigenvalue weighted by molar-refractivity contribution is 5.94. The fraction of sp³-hybridized carbons (Fsp3) is 0.400. The molecule has 3 aromatic rings. The summed E-state index contributed by atoms with van der Waals surface area (Å²) >= 11 is 0. The maximum atomic E-state index is 12.9. The van der Waals surface area contributed by atoms with Gasteiger partial charge in [0, 0.05) is 19.6 Å². The van der Waals surface area contributed by atoms with Gasteiger partial charge in [-0.1, -0.05) is 5.21 Å². The number of nitrogens with two attached hydrogens (primary N) is 1. The van der Waals surface area contributed by atoms with Crippen LogP contribution in [0.15, 0.2) is 27.9 Å². The first-order valence-electron chi connectivity index (χ1n) is 10.6. The molecular weight excluding hydrogens is 446 g/mol. The molecule has 1 aliphatic rings. The predicted octanol–water partition coefficient (Wildman–Crippen LogP) is 0.236. The van der Waals surface area contributed by atoms with Crippen LogP contribution in [0.25, 0.3) is 5.82 Å². The summed E-state index contributed by atoms with van der Waals surface area (Å²) in [5, 5.41) is 19.5. The van der Waals surface area contributed by atoms with Gasteiger partial charge in [0.15, 0.2) is 17.2 Å². The van der Waals surface area contributed by atoms with Crippen molar-refractivity contribution in [2.45, 2.75) is 13.5 Å². The number of ether oxygens (including phenoxy) is 3. The molecular formula is C20H25N9O5. The lowest BCUT2D eigenvalue weighted by Crippen LogP contribution is -2.37. The topological polar surface area (TPSA) is 168 Å². The van der Waals surface area contributed by atoms with Crippen LogP contribution < -0.4 is 20.6 Å². The molecule has 180 valence electrons. The van der Waals surface area contributed by atoms with Crippen molar-refractivity contribution in [1.29, 1.82) is 0 Å². The smallest absolute Gasteiger partial charge is 0.293 e. The molecule has 1 aliphatic heterocycles. The molecule has 0 saturated carbocycles. The minimum atomic E-state index is -0.542. The number of nitrogen functional groups attached to an aromatic ring is 1. The van der Waals surface area contributed by atoms with Gasteiger partial charge in [0.2, 0.25) is 11.6 Å². The van der Waals surface area contributed by atoms with Crippen molar-refractivity contribution in [3.8, 4) is 17.3 Å². The minimum absolute atomic E-state index is 0.0303. The van der Waals surface area contributed by atoms with Crippen LogP contribution in [0.2, 0.25) is 0 Å². The Hall–Kier alpha value is -4.04. The summed E-state index contributed by atoms with van der Waals surface area (Å²) in [7, 11) is 1.57. The van der Waals surface area contributed by atoms with Crippen LogP contribution in [-0.4, -0.2) is 82.3 Å². The van der Waals surface area contributed by atoms with Crippen molar-refractivity contribution < 1.29 is 23.6 Å². The number of aromatic nitrogens is 5. The third-order valence-corrected chi connectivity index (χ3v) is 5.02. The van der Waals surface area contributed by atoms with Crippen molar-refractivity contribution in [2.75, 3.05) is 45.8 Å². The number of rotatable bonds is 9. The molecule has 0 spiro atoms.